The number of nitrogens with zero attached hydrogens (tertiary/aromatic N) is 3. The molecule has 3 heterocycles. The lowest BCUT2D eigenvalue weighted by Gasteiger charge is -2.24. The number of amides is 1. The molecule has 1 aromatic carbocycles. The fourth-order valence-corrected chi connectivity index (χ4v) is 3.77. The standard InChI is InChI=1S/C18H19N3O5S/c1-10-19-12-5-11(3-4-16(12)27-10)25-9-17-20-13(6-26-17)18(23)21(2)14-7-24-8-15(14)22/h3-6,14-15,22H,7-9H2,1-2H3/t14-,15-/m1/s1. The number of carbonyl (C=O) groups excluding carboxylic acids is 1. The van der Waals surface area contributed by atoms with Crippen molar-refractivity contribution in [1.82, 2.24) is 14.9 Å². The van der Waals surface area contributed by atoms with E-state index in [1.807, 2.05) is 25.1 Å². The molecule has 142 valence electrons. The van der Waals surface area contributed by atoms with Crippen LogP contribution in [0.3, 0.4) is 0 Å². The van der Waals surface area contributed by atoms with Crippen LogP contribution in [0.25, 0.3) is 10.2 Å². The normalized spacial score (nSPS) is 19.5. The Labute approximate surface area is 159 Å². The minimum Gasteiger partial charge on any atom is -0.484 e. The largest absolute Gasteiger partial charge is 0.484 e. The van der Waals surface area contributed by atoms with Gasteiger partial charge in [-0.05, 0) is 19.1 Å². The van der Waals surface area contributed by atoms with E-state index in [-0.39, 0.29) is 30.9 Å². The molecule has 0 aliphatic carbocycles. The number of aliphatic hydroxyl groups is 1. The molecule has 2 atom stereocenters. The first-order valence-electron chi connectivity index (χ1n) is 8.48. The third-order valence-corrected chi connectivity index (χ3v) is 5.39. The van der Waals surface area contributed by atoms with Gasteiger partial charge in [-0.1, -0.05) is 0 Å². The first-order valence-corrected chi connectivity index (χ1v) is 9.30. The van der Waals surface area contributed by atoms with Crippen LogP contribution in [0.15, 0.2) is 28.9 Å². The average Bonchev–Trinajstić information content (AvgIpc) is 3.37. The number of aromatic nitrogens is 2. The Morgan fingerprint density at radius 2 is 2.26 bits per heavy atom. The number of ether oxygens (including phenoxy) is 2. The average molecular weight is 389 g/mol. The van der Waals surface area contributed by atoms with Crippen LogP contribution in [0.2, 0.25) is 0 Å². The van der Waals surface area contributed by atoms with Gasteiger partial charge < -0.3 is 23.9 Å². The van der Waals surface area contributed by atoms with Gasteiger partial charge in [-0.2, -0.15) is 0 Å². The van der Waals surface area contributed by atoms with Crippen molar-refractivity contribution >= 4 is 27.5 Å². The van der Waals surface area contributed by atoms with E-state index in [2.05, 4.69) is 9.97 Å². The number of hydrogen-bond acceptors (Lipinski definition) is 8. The number of fused-ring (bicyclic) bond motifs is 1. The lowest BCUT2D eigenvalue weighted by molar-refractivity contribution is 0.0575. The summed E-state index contributed by atoms with van der Waals surface area (Å²) in [4.78, 5) is 22.6. The van der Waals surface area contributed by atoms with E-state index in [1.54, 1.807) is 18.4 Å². The van der Waals surface area contributed by atoms with Gasteiger partial charge in [-0.25, -0.2) is 9.97 Å². The lowest BCUT2D eigenvalue weighted by Crippen LogP contribution is -2.44. The summed E-state index contributed by atoms with van der Waals surface area (Å²) in [7, 11) is 1.61. The second-order valence-corrected chi connectivity index (χ2v) is 7.60. The van der Waals surface area contributed by atoms with E-state index in [0.29, 0.717) is 18.2 Å². The summed E-state index contributed by atoms with van der Waals surface area (Å²) in [6, 6.07) is 5.30. The van der Waals surface area contributed by atoms with Crippen molar-refractivity contribution in [2.75, 3.05) is 20.3 Å². The predicted octanol–water partition coefficient (Wildman–Crippen LogP) is 2.00. The maximum atomic E-state index is 12.5. The third-order valence-electron chi connectivity index (χ3n) is 4.44. The van der Waals surface area contributed by atoms with Crippen LogP contribution >= 0.6 is 11.3 Å². The molecule has 0 spiro atoms. The molecule has 1 aliphatic rings. The summed E-state index contributed by atoms with van der Waals surface area (Å²) in [6.07, 6.45) is 0.602. The second kappa shape index (κ2) is 7.26. The van der Waals surface area contributed by atoms with Gasteiger partial charge in [0.25, 0.3) is 5.91 Å². The number of thiazole rings is 1. The Balaban J connectivity index is 1.40. The van der Waals surface area contributed by atoms with E-state index in [4.69, 9.17) is 13.9 Å². The molecule has 1 amide bonds. The van der Waals surface area contributed by atoms with Crippen LogP contribution < -0.4 is 4.74 Å². The third kappa shape index (κ3) is 3.66. The summed E-state index contributed by atoms with van der Waals surface area (Å²) >= 11 is 1.63. The number of likely N-dealkylation sites (N-methyl/N-ethyl adjacent to an activating group) is 1. The van der Waals surface area contributed by atoms with Gasteiger partial charge in [0.1, 0.15) is 12.0 Å². The van der Waals surface area contributed by atoms with Crippen LogP contribution in [-0.2, 0) is 11.3 Å². The smallest absolute Gasteiger partial charge is 0.275 e. The van der Waals surface area contributed by atoms with Gasteiger partial charge in [0.2, 0.25) is 5.89 Å². The van der Waals surface area contributed by atoms with E-state index < -0.39 is 6.10 Å². The molecule has 0 unspecified atom stereocenters. The van der Waals surface area contributed by atoms with Gasteiger partial charge in [-0.15, -0.1) is 11.3 Å². The Morgan fingerprint density at radius 1 is 1.41 bits per heavy atom. The van der Waals surface area contributed by atoms with Gasteiger partial charge in [-0.3, -0.25) is 4.79 Å². The predicted molar refractivity (Wildman–Crippen MR) is 97.9 cm³/mol. The molecule has 8 nitrogen and oxygen atoms in total. The maximum absolute atomic E-state index is 12.5. The van der Waals surface area contributed by atoms with Crippen LogP contribution in [0.4, 0.5) is 0 Å². The zero-order valence-corrected chi connectivity index (χ0v) is 15.7. The molecular formula is C18H19N3O5S. The van der Waals surface area contributed by atoms with Crippen molar-refractivity contribution in [2.24, 2.45) is 0 Å². The first kappa shape index (κ1) is 17.9. The molecule has 2 aromatic heterocycles. The number of aryl methyl sites for hydroxylation is 1. The maximum Gasteiger partial charge on any atom is 0.275 e. The highest BCUT2D eigenvalue weighted by Gasteiger charge is 2.33. The fourth-order valence-electron chi connectivity index (χ4n) is 2.97. The minimum absolute atomic E-state index is 0.0980. The molecular weight excluding hydrogens is 370 g/mol. The zero-order valence-electron chi connectivity index (χ0n) is 14.9. The van der Waals surface area contributed by atoms with Crippen molar-refractivity contribution in [3.05, 3.63) is 41.1 Å². The van der Waals surface area contributed by atoms with Crippen LogP contribution in [0.1, 0.15) is 21.4 Å². The molecule has 0 saturated carbocycles. The topological polar surface area (TPSA) is 97.9 Å². The van der Waals surface area contributed by atoms with Gasteiger partial charge in [0, 0.05) is 13.1 Å². The number of hydrogen-bond donors (Lipinski definition) is 1. The summed E-state index contributed by atoms with van der Waals surface area (Å²) in [6.45, 7) is 2.59. The molecule has 27 heavy (non-hydrogen) atoms. The second-order valence-electron chi connectivity index (χ2n) is 6.37. The molecule has 1 fully saturated rings. The molecule has 4 rings (SSSR count). The van der Waals surface area contributed by atoms with Gasteiger partial charge >= 0.3 is 0 Å². The first-order chi connectivity index (χ1) is 13.0. The molecule has 1 aliphatic heterocycles. The Hall–Kier alpha value is -2.49. The Kier molecular flexibility index (Phi) is 4.81. The van der Waals surface area contributed by atoms with Crippen LogP contribution in [0, 0.1) is 6.92 Å². The summed E-state index contributed by atoms with van der Waals surface area (Å²) < 4.78 is 17.3. The fraction of sp³-hybridized carbons (Fsp3) is 0.389. The molecule has 0 bridgehead atoms. The summed E-state index contributed by atoms with van der Waals surface area (Å²) in [5, 5.41) is 10.9. The number of oxazole rings is 1. The Bertz CT molecular complexity index is 969. The molecule has 1 N–H and O–H groups in total. The highest BCUT2D eigenvalue weighted by atomic mass is 32.1. The summed E-state index contributed by atoms with van der Waals surface area (Å²) in [5.74, 6) is 0.616. The number of aliphatic hydroxyl groups excluding tert-OH is 1. The van der Waals surface area contributed by atoms with Crippen molar-refractivity contribution in [2.45, 2.75) is 25.7 Å². The van der Waals surface area contributed by atoms with Crippen LogP contribution in [0.5, 0.6) is 5.75 Å². The van der Waals surface area contributed by atoms with Crippen molar-refractivity contribution in [3.63, 3.8) is 0 Å². The molecule has 3 aromatic rings. The summed E-state index contributed by atoms with van der Waals surface area (Å²) in [5.41, 5.74) is 1.05. The molecule has 9 heteroatoms. The van der Waals surface area contributed by atoms with E-state index >= 15 is 0 Å². The number of benzene rings is 1. The Morgan fingerprint density at radius 3 is 3.04 bits per heavy atom. The molecule has 1 saturated heterocycles. The highest BCUT2D eigenvalue weighted by molar-refractivity contribution is 7.18. The molecule has 0 radical (unpaired) electrons. The SMILES string of the molecule is Cc1nc2cc(OCc3nc(C(=O)N(C)[C@@H]4COC[C@H]4O)co3)ccc2s1. The van der Waals surface area contributed by atoms with Crippen LogP contribution in [-0.4, -0.2) is 58.3 Å². The monoisotopic (exact) mass is 389 g/mol. The minimum atomic E-state index is -0.696. The van der Waals surface area contributed by atoms with Gasteiger partial charge in [0.05, 0.1) is 40.6 Å². The zero-order chi connectivity index (χ0) is 19.0. The number of carbonyl (C=O) groups is 1. The van der Waals surface area contributed by atoms with E-state index in [1.165, 1.54) is 11.2 Å². The van der Waals surface area contributed by atoms with Crippen molar-refractivity contribution in [3.8, 4) is 5.75 Å². The van der Waals surface area contributed by atoms with Gasteiger partial charge in [0.15, 0.2) is 12.3 Å². The quantitative estimate of drug-likeness (QED) is 0.713. The van der Waals surface area contributed by atoms with E-state index in [9.17, 15) is 9.90 Å². The van der Waals surface area contributed by atoms with Crippen molar-refractivity contribution < 1.29 is 23.8 Å². The van der Waals surface area contributed by atoms with Crippen molar-refractivity contribution in [1.29, 1.82) is 0 Å². The lowest BCUT2D eigenvalue weighted by atomic mass is 10.2. The highest BCUT2D eigenvalue weighted by Crippen LogP contribution is 2.26. The number of rotatable bonds is 5. The van der Waals surface area contributed by atoms with E-state index in [0.717, 1.165) is 15.2 Å².